The summed E-state index contributed by atoms with van der Waals surface area (Å²) in [5.41, 5.74) is -0.0803. The first-order valence-corrected chi connectivity index (χ1v) is 6.09. The lowest BCUT2D eigenvalue weighted by Gasteiger charge is -2.05. The fourth-order valence-corrected chi connectivity index (χ4v) is 1.94. The maximum absolute atomic E-state index is 12.1. The molecule has 0 radical (unpaired) electrons. The summed E-state index contributed by atoms with van der Waals surface area (Å²) < 4.78 is 0.840. The molecule has 0 aliphatic heterocycles. The third kappa shape index (κ3) is 2.22. The molecule has 0 saturated heterocycles. The lowest BCUT2D eigenvalue weighted by molar-refractivity contribution is 0.102. The van der Waals surface area contributed by atoms with E-state index in [1.165, 1.54) is 7.05 Å². The number of amides is 1. The molecule has 0 unspecified atom stereocenters. The number of hydrogen-bond acceptors (Lipinski definition) is 4. The molecule has 1 amide bonds. The Bertz CT molecular complexity index is 950. The van der Waals surface area contributed by atoms with E-state index in [2.05, 4.69) is 20.5 Å². The van der Waals surface area contributed by atoms with Crippen molar-refractivity contribution < 1.29 is 4.79 Å². The van der Waals surface area contributed by atoms with E-state index < -0.39 is 17.2 Å². The molecule has 21 heavy (non-hydrogen) atoms. The first-order valence-electron chi connectivity index (χ1n) is 6.09. The summed E-state index contributed by atoms with van der Waals surface area (Å²) in [6, 6.07) is 5.20. The number of hydrogen-bond donors (Lipinski definition) is 3. The fraction of sp³-hybridized carbons (Fsp3) is 0.0769. The molecule has 106 valence electrons. The number of nitrogens with one attached hydrogen (secondary N) is 3. The minimum absolute atomic E-state index is 0.137. The SMILES string of the molecule is Cn1c(=O)[nH]cc(C(=O)Nc2ccc3cn[nH]c3c2)c1=O. The van der Waals surface area contributed by atoms with Gasteiger partial charge in [-0.1, -0.05) is 0 Å². The second kappa shape index (κ2) is 4.75. The highest BCUT2D eigenvalue weighted by molar-refractivity contribution is 6.04. The predicted octanol–water partition coefficient (Wildman–Crippen LogP) is 0.202. The van der Waals surface area contributed by atoms with Crippen LogP contribution in [0.1, 0.15) is 10.4 Å². The van der Waals surface area contributed by atoms with Crippen molar-refractivity contribution in [2.45, 2.75) is 0 Å². The third-order valence-corrected chi connectivity index (χ3v) is 3.12. The van der Waals surface area contributed by atoms with E-state index in [1.807, 2.05) is 0 Å². The minimum Gasteiger partial charge on any atom is -0.322 e. The molecule has 0 saturated carbocycles. The topological polar surface area (TPSA) is 113 Å². The first-order chi connectivity index (χ1) is 10.1. The van der Waals surface area contributed by atoms with Gasteiger partial charge in [0.2, 0.25) is 0 Å². The molecule has 2 aromatic heterocycles. The van der Waals surface area contributed by atoms with Crippen LogP contribution in [0.4, 0.5) is 5.69 Å². The van der Waals surface area contributed by atoms with Crippen LogP contribution >= 0.6 is 0 Å². The number of carbonyl (C=O) groups excluding carboxylic acids is 1. The molecule has 3 rings (SSSR count). The summed E-state index contributed by atoms with van der Waals surface area (Å²) in [6.45, 7) is 0. The second-order valence-corrected chi connectivity index (χ2v) is 4.50. The summed E-state index contributed by atoms with van der Waals surface area (Å²) in [5.74, 6) is -0.592. The van der Waals surface area contributed by atoms with Gasteiger partial charge in [-0.05, 0) is 18.2 Å². The van der Waals surface area contributed by atoms with Gasteiger partial charge in [0.1, 0.15) is 5.56 Å². The number of H-pyrrole nitrogens is 2. The molecule has 0 fully saturated rings. The Morgan fingerprint density at radius 2 is 2.14 bits per heavy atom. The standard InChI is InChI=1S/C13H11N5O3/c1-18-12(20)9(6-14-13(18)21)11(19)16-8-3-2-7-5-15-17-10(7)4-8/h2-6H,1H3,(H,14,21)(H,15,17)(H,16,19). The van der Waals surface area contributed by atoms with E-state index in [0.717, 1.165) is 21.7 Å². The van der Waals surface area contributed by atoms with Crippen molar-refractivity contribution in [2.24, 2.45) is 7.05 Å². The molecule has 1 aromatic carbocycles. The Balaban J connectivity index is 1.94. The number of nitrogens with zero attached hydrogens (tertiary/aromatic N) is 2. The van der Waals surface area contributed by atoms with Gasteiger partial charge in [0, 0.05) is 24.3 Å². The Hall–Kier alpha value is -3.16. The zero-order chi connectivity index (χ0) is 15.0. The van der Waals surface area contributed by atoms with Crippen LogP contribution in [-0.4, -0.2) is 25.7 Å². The van der Waals surface area contributed by atoms with Crippen molar-refractivity contribution in [1.29, 1.82) is 0 Å². The number of rotatable bonds is 2. The van der Waals surface area contributed by atoms with E-state index in [9.17, 15) is 14.4 Å². The van der Waals surface area contributed by atoms with Crippen LogP contribution in [0.25, 0.3) is 10.9 Å². The summed E-state index contributed by atoms with van der Waals surface area (Å²) in [7, 11) is 1.30. The van der Waals surface area contributed by atoms with Crippen LogP contribution in [0, 0.1) is 0 Å². The zero-order valence-electron chi connectivity index (χ0n) is 11.0. The highest BCUT2D eigenvalue weighted by Gasteiger charge is 2.13. The number of aromatic nitrogens is 4. The number of carbonyl (C=O) groups is 1. The number of benzene rings is 1. The third-order valence-electron chi connectivity index (χ3n) is 3.12. The molecule has 0 spiro atoms. The quantitative estimate of drug-likeness (QED) is 0.624. The summed E-state index contributed by atoms with van der Waals surface area (Å²) >= 11 is 0. The van der Waals surface area contributed by atoms with Crippen molar-refractivity contribution in [3.8, 4) is 0 Å². The highest BCUT2D eigenvalue weighted by atomic mass is 16.2. The molecule has 2 heterocycles. The van der Waals surface area contributed by atoms with Gasteiger partial charge in [-0.2, -0.15) is 5.10 Å². The Labute approximate surface area is 117 Å². The number of fused-ring (bicyclic) bond motifs is 1. The fourth-order valence-electron chi connectivity index (χ4n) is 1.94. The lowest BCUT2D eigenvalue weighted by Crippen LogP contribution is -2.37. The average Bonchev–Trinajstić information content (AvgIpc) is 2.92. The monoisotopic (exact) mass is 285 g/mol. The number of aromatic amines is 2. The van der Waals surface area contributed by atoms with Crippen LogP contribution in [0.15, 0.2) is 40.2 Å². The van der Waals surface area contributed by atoms with Crippen LogP contribution in [-0.2, 0) is 7.05 Å². The number of anilines is 1. The van der Waals surface area contributed by atoms with E-state index in [1.54, 1.807) is 24.4 Å². The van der Waals surface area contributed by atoms with Crippen molar-refractivity contribution in [2.75, 3.05) is 5.32 Å². The van der Waals surface area contributed by atoms with Crippen LogP contribution in [0.5, 0.6) is 0 Å². The van der Waals surface area contributed by atoms with Gasteiger partial charge in [0.05, 0.1) is 11.7 Å². The van der Waals surface area contributed by atoms with Gasteiger partial charge in [-0.3, -0.25) is 19.3 Å². The van der Waals surface area contributed by atoms with Crippen molar-refractivity contribution in [1.82, 2.24) is 19.7 Å². The molecular weight excluding hydrogens is 274 g/mol. The van der Waals surface area contributed by atoms with Crippen LogP contribution in [0.3, 0.4) is 0 Å². The smallest absolute Gasteiger partial charge is 0.322 e. The zero-order valence-corrected chi connectivity index (χ0v) is 11.0. The van der Waals surface area contributed by atoms with E-state index in [0.29, 0.717) is 5.69 Å². The van der Waals surface area contributed by atoms with E-state index >= 15 is 0 Å². The van der Waals surface area contributed by atoms with Crippen LogP contribution < -0.4 is 16.6 Å². The maximum atomic E-state index is 12.1. The molecule has 0 atom stereocenters. The van der Waals surface area contributed by atoms with Crippen molar-refractivity contribution >= 4 is 22.5 Å². The Morgan fingerprint density at radius 1 is 1.33 bits per heavy atom. The van der Waals surface area contributed by atoms with Gasteiger partial charge in [-0.15, -0.1) is 0 Å². The summed E-state index contributed by atoms with van der Waals surface area (Å²) in [5, 5.41) is 10.2. The molecule has 8 heteroatoms. The predicted molar refractivity (Wildman–Crippen MR) is 76.4 cm³/mol. The molecule has 3 aromatic rings. The Kier molecular flexibility index (Phi) is 2.90. The molecular formula is C13H11N5O3. The van der Waals surface area contributed by atoms with Gasteiger partial charge in [-0.25, -0.2) is 4.79 Å². The van der Waals surface area contributed by atoms with E-state index in [4.69, 9.17) is 0 Å². The second-order valence-electron chi connectivity index (χ2n) is 4.50. The van der Waals surface area contributed by atoms with Gasteiger partial charge >= 0.3 is 5.69 Å². The molecule has 8 nitrogen and oxygen atoms in total. The molecule has 0 aliphatic rings. The van der Waals surface area contributed by atoms with Crippen molar-refractivity contribution in [3.63, 3.8) is 0 Å². The molecule has 0 aliphatic carbocycles. The van der Waals surface area contributed by atoms with Gasteiger partial charge < -0.3 is 10.3 Å². The minimum atomic E-state index is -0.654. The Morgan fingerprint density at radius 3 is 2.95 bits per heavy atom. The van der Waals surface area contributed by atoms with Gasteiger partial charge in [0.15, 0.2) is 0 Å². The normalized spacial score (nSPS) is 10.7. The first kappa shape index (κ1) is 12.9. The van der Waals surface area contributed by atoms with Crippen LogP contribution in [0.2, 0.25) is 0 Å². The maximum Gasteiger partial charge on any atom is 0.328 e. The van der Waals surface area contributed by atoms with E-state index in [-0.39, 0.29) is 5.56 Å². The summed E-state index contributed by atoms with van der Waals surface area (Å²) in [4.78, 5) is 37.5. The largest absolute Gasteiger partial charge is 0.328 e. The molecule has 0 bridgehead atoms. The lowest BCUT2D eigenvalue weighted by atomic mass is 10.2. The average molecular weight is 285 g/mol. The highest BCUT2D eigenvalue weighted by Crippen LogP contribution is 2.16. The van der Waals surface area contributed by atoms with Crippen molar-refractivity contribution in [3.05, 3.63) is 57.0 Å². The van der Waals surface area contributed by atoms with Gasteiger partial charge in [0.25, 0.3) is 11.5 Å². The summed E-state index contributed by atoms with van der Waals surface area (Å²) in [6.07, 6.45) is 2.77. The molecule has 3 N–H and O–H groups in total.